The third kappa shape index (κ3) is 4.75. The van der Waals surface area contributed by atoms with Crippen LogP contribution >= 0.6 is 12.8 Å². The number of hydrogen-bond acceptors (Lipinski definition) is 6. The number of nitrogens with zero attached hydrogens (tertiary/aromatic N) is 4. The summed E-state index contributed by atoms with van der Waals surface area (Å²) in [4.78, 5) is 3.72. The van der Waals surface area contributed by atoms with Gasteiger partial charge in [0.1, 0.15) is 5.52 Å². The molecule has 28 heavy (non-hydrogen) atoms. The monoisotopic (exact) mass is 411 g/mol. The molecule has 1 aliphatic heterocycles. The molecule has 0 spiro atoms. The van der Waals surface area contributed by atoms with Crippen molar-refractivity contribution >= 4 is 24.3 Å². The summed E-state index contributed by atoms with van der Waals surface area (Å²) in [7, 11) is 0. The molecule has 0 bridgehead atoms. The van der Waals surface area contributed by atoms with E-state index in [4.69, 9.17) is 10.8 Å². The lowest BCUT2D eigenvalue weighted by molar-refractivity contribution is 0.113. The van der Waals surface area contributed by atoms with Gasteiger partial charge in [0, 0.05) is 30.3 Å². The van der Waals surface area contributed by atoms with Gasteiger partial charge in [-0.15, -0.1) is 5.10 Å². The molecule has 2 aromatic heterocycles. The van der Waals surface area contributed by atoms with Crippen LogP contribution in [0.4, 0.5) is 19.1 Å². The fourth-order valence-electron chi connectivity index (χ4n) is 2.91. The Balaban J connectivity index is 0.000000236. The number of nitrogen functional groups attached to an aromatic ring is 1. The lowest BCUT2D eigenvalue weighted by Crippen LogP contribution is -2.31. The van der Waals surface area contributed by atoms with Crippen LogP contribution in [0.1, 0.15) is 24.8 Å². The molecule has 6 nitrogen and oxygen atoms in total. The Labute approximate surface area is 165 Å². The molecule has 3 heterocycles. The number of thiol groups is 1. The van der Waals surface area contributed by atoms with Crippen molar-refractivity contribution in [3.63, 3.8) is 0 Å². The van der Waals surface area contributed by atoms with E-state index >= 15 is 0 Å². The van der Waals surface area contributed by atoms with Crippen molar-refractivity contribution < 1.29 is 18.3 Å². The molecule has 3 aromatic rings. The van der Waals surface area contributed by atoms with Gasteiger partial charge >= 0.3 is 0 Å². The van der Waals surface area contributed by atoms with E-state index in [0.717, 1.165) is 25.9 Å². The molecule has 0 aliphatic carbocycles. The molecular weight excluding hydrogens is 391 g/mol. The lowest BCUT2D eigenvalue weighted by Gasteiger charge is -2.24. The number of nitrogens with two attached hydrogens (primary N) is 1. The number of β-amino-alcohol motifs (C(OH)–C–C–N with tert-alkyl or cyclic N) is 1. The highest BCUT2D eigenvalue weighted by Crippen LogP contribution is 2.27. The van der Waals surface area contributed by atoms with Gasteiger partial charge < -0.3 is 10.8 Å². The van der Waals surface area contributed by atoms with Gasteiger partial charge in [0.05, 0.1) is 18.0 Å². The highest BCUT2D eigenvalue weighted by molar-refractivity contribution is 7.77. The van der Waals surface area contributed by atoms with Gasteiger partial charge in [0.15, 0.2) is 5.82 Å². The number of halogens is 3. The molecule has 150 valence electrons. The van der Waals surface area contributed by atoms with Gasteiger partial charge in [0.2, 0.25) is 5.95 Å². The van der Waals surface area contributed by atoms with E-state index in [1.54, 1.807) is 0 Å². The van der Waals surface area contributed by atoms with Crippen molar-refractivity contribution in [2.75, 3.05) is 18.8 Å². The maximum atomic E-state index is 13.8. The van der Waals surface area contributed by atoms with Crippen LogP contribution in [0.2, 0.25) is 0 Å². The van der Waals surface area contributed by atoms with Crippen LogP contribution in [0.3, 0.4) is 0 Å². The largest absolute Gasteiger partial charge is 0.392 e. The Morgan fingerprint density at radius 3 is 2.54 bits per heavy atom. The second-order valence-electron chi connectivity index (χ2n) is 6.42. The van der Waals surface area contributed by atoms with E-state index < -0.39 is 12.2 Å². The first-order valence-corrected chi connectivity index (χ1v) is 9.05. The van der Waals surface area contributed by atoms with Crippen LogP contribution in [0, 0.1) is 5.82 Å². The summed E-state index contributed by atoms with van der Waals surface area (Å²) in [5.41, 5.74) is 6.54. The van der Waals surface area contributed by atoms with Gasteiger partial charge in [-0.25, -0.2) is 22.7 Å². The number of benzene rings is 1. The number of rotatable bonds is 2. The van der Waals surface area contributed by atoms with E-state index in [9.17, 15) is 13.2 Å². The molecule has 0 amide bonds. The minimum absolute atomic E-state index is 0.00134. The van der Waals surface area contributed by atoms with E-state index in [0.29, 0.717) is 11.3 Å². The number of aliphatic hydroxyl groups is 1. The summed E-state index contributed by atoms with van der Waals surface area (Å²) in [6.45, 7) is 1.74. The number of anilines is 1. The fourth-order valence-corrected chi connectivity index (χ4v) is 3.24. The van der Waals surface area contributed by atoms with Crippen molar-refractivity contribution in [3.05, 3.63) is 47.9 Å². The first-order chi connectivity index (χ1) is 13.3. The molecule has 1 aliphatic rings. The minimum atomic E-state index is -2.54. The number of aliphatic hydroxyl groups excluding tert-OH is 1. The number of aromatic nitrogens is 3. The third-order valence-corrected chi connectivity index (χ3v) is 4.68. The van der Waals surface area contributed by atoms with Crippen molar-refractivity contribution in [2.45, 2.75) is 25.4 Å². The molecule has 1 atom stereocenters. The van der Waals surface area contributed by atoms with Crippen LogP contribution in [-0.2, 0) is 0 Å². The summed E-state index contributed by atoms with van der Waals surface area (Å²) in [5, 5.41) is 12.9. The van der Waals surface area contributed by atoms with Gasteiger partial charge in [-0.2, -0.15) is 0 Å². The van der Waals surface area contributed by atoms with Gasteiger partial charge in [0.25, 0.3) is 6.43 Å². The summed E-state index contributed by atoms with van der Waals surface area (Å²) in [6, 6.07) is 6.83. The molecule has 10 heteroatoms. The summed E-state index contributed by atoms with van der Waals surface area (Å²) < 4.78 is 41.9. The Morgan fingerprint density at radius 1 is 1.25 bits per heavy atom. The summed E-state index contributed by atoms with van der Waals surface area (Å²) >= 11 is 4.09. The molecule has 1 saturated heterocycles. The maximum Gasteiger partial charge on any atom is 0.263 e. The molecule has 1 fully saturated rings. The smallest absolute Gasteiger partial charge is 0.263 e. The SMILES string of the molecule is Nc1ncc2c(F)cc(-c3ccc(C(F)F)cc3)n2n1.OC1CCCN(S)C1. The second kappa shape index (κ2) is 8.80. The zero-order valence-electron chi connectivity index (χ0n) is 14.8. The standard InChI is InChI=1S/C13H9F3N4.C5H11NOS/c14-9-5-10(20-11(9)6-18-13(17)19-20)7-1-3-8(4-2-7)12(15)16;7-5-2-1-3-6(8)4-5/h1-6,12H,(H2,17,19);5,7-8H,1-4H2. The average Bonchev–Trinajstić information content (AvgIpc) is 2.98. The molecule has 1 aromatic carbocycles. The van der Waals surface area contributed by atoms with E-state index in [-0.39, 0.29) is 23.1 Å². The minimum Gasteiger partial charge on any atom is -0.392 e. The predicted octanol–water partition coefficient (Wildman–Crippen LogP) is 3.34. The average molecular weight is 411 g/mol. The molecule has 0 saturated carbocycles. The summed E-state index contributed by atoms with van der Waals surface area (Å²) in [6.07, 6.45) is 0.611. The number of alkyl halides is 2. The Bertz CT molecular complexity index is 927. The first kappa shape index (κ1) is 20.4. The van der Waals surface area contributed by atoms with Crippen LogP contribution in [0.5, 0.6) is 0 Å². The number of hydrogen-bond donors (Lipinski definition) is 3. The van der Waals surface area contributed by atoms with Gasteiger partial charge in [-0.05, 0) is 12.8 Å². The van der Waals surface area contributed by atoms with E-state index in [1.807, 2.05) is 4.31 Å². The third-order valence-electron chi connectivity index (χ3n) is 4.32. The van der Waals surface area contributed by atoms with Crippen molar-refractivity contribution in [1.29, 1.82) is 0 Å². The van der Waals surface area contributed by atoms with Crippen molar-refractivity contribution in [1.82, 2.24) is 18.9 Å². The van der Waals surface area contributed by atoms with Gasteiger partial charge in [-0.3, -0.25) is 4.31 Å². The normalized spacial score (nSPS) is 17.6. The Kier molecular flexibility index (Phi) is 6.42. The second-order valence-corrected chi connectivity index (χ2v) is 6.99. The van der Waals surface area contributed by atoms with Gasteiger partial charge in [-0.1, -0.05) is 37.1 Å². The molecule has 0 radical (unpaired) electrons. The van der Waals surface area contributed by atoms with Crippen LogP contribution in [0.25, 0.3) is 16.8 Å². The quantitative estimate of drug-likeness (QED) is 0.564. The van der Waals surface area contributed by atoms with Crippen molar-refractivity contribution in [2.24, 2.45) is 0 Å². The van der Waals surface area contributed by atoms with Crippen LogP contribution in [0.15, 0.2) is 36.5 Å². The predicted molar refractivity (Wildman–Crippen MR) is 104 cm³/mol. The number of piperidine rings is 1. The lowest BCUT2D eigenvalue weighted by atomic mass is 10.1. The molecule has 1 unspecified atom stereocenters. The molecular formula is C18H20F3N5OS. The Morgan fingerprint density at radius 2 is 1.96 bits per heavy atom. The fraction of sp³-hybridized carbons (Fsp3) is 0.333. The molecule has 4 rings (SSSR count). The number of fused-ring (bicyclic) bond motifs is 1. The molecule has 3 N–H and O–H groups in total. The topological polar surface area (TPSA) is 79.7 Å². The van der Waals surface area contributed by atoms with Crippen molar-refractivity contribution in [3.8, 4) is 11.3 Å². The van der Waals surface area contributed by atoms with Crippen LogP contribution < -0.4 is 5.73 Å². The maximum absolute atomic E-state index is 13.8. The highest BCUT2D eigenvalue weighted by Gasteiger charge is 2.14. The Hall–Kier alpha value is -2.30. The zero-order valence-corrected chi connectivity index (χ0v) is 15.7. The van der Waals surface area contributed by atoms with E-state index in [2.05, 4.69) is 22.9 Å². The van der Waals surface area contributed by atoms with Crippen LogP contribution in [-0.4, -0.2) is 43.2 Å². The zero-order chi connectivity index (χ0) is 20.3. The first-order valence-electron chi connectivity index (χ1n) is 8.65. The summed E-state index contributed by atoms with van der Waals surface area (Å²) in [5.74, 6) is -0.503. The van der Waals surface area contributed by atoms with E-state index in [1.165, 1.54) is 41.0 Å². The highest BCUT2D eigenvalue weighted by atomic mass is 32.1.